The zero-order valence-electron chi connectivity index (χ0n) is 9.19. The number of aliphatic hydroxyl groups is 1. The van der Waals surface area contributed by atoms with Crippen molar-refractivity contribution in [1.29, 1.82) is 0 Å². The van der Waals surface area contributed by atoms with E-state index in [1.54, 1.807) is 0 Å². The van der Waals surface area contributed by atoms with Crippen LogP contribution in [-0.4, -0.2) is 23.6 Å². The van der Waals surface area contributed by atoms with Gasteiger partial charge in [-0.25, -0.2) is 0 Å². The third-order valence-corrected chi connectivity index (χ3v) is 3.47. The van der Waals surface area contributed by atoms with Crippen LogP contribution in [0.25, 0.3) is 0 Å². The van der Waals surface area contributed by atoms with E-state index in [1.807, 2.05) is 6.07 Å². The molecule has 86 valence electrons. The van der Waals surface area contributed by atoms with E-state index in [0.29, 0.717) is 13.2 Å². The average Bonchev–Trinajstić information content (AvgIpc) is 2.33. The molecule has 1 saturated heterocycles. The van der Waals surface area contributed by atoms with Crippen LogP contribution < -0.4 is 0 Å². The number of aliphatic hydroxyl groups excluding tert-OH is 1. The number of benzene rings is 1. The molecular weight excluding hydrogens is 204 g/mol. The van der Waals surface area contributed by atoms with Crippen molar-refractivity contribution in [2.24, 2.45) is 0 Å². The fraction of sp³-hybridized carbons (Fsp3) is 0.538. The van der Waals surface area contributed by atoms with Crippen molar-refractivity contribution in [3.63, 3.8) is 0 Å². The van der Waals surface area contributed by atoms with Gasteiger partial charge in [-0.3, -0.25) is 0 Å². The van der Waals surface area contributed by atoms with Crippen molar-refractivity contribution in [2.45, 2.75) is 37.8 Å². The maximum absolute atomic E-state index is 9.44. The molecule has 0 radical (unpaired) electrons. The molecule has 1 aromatic carbocycles. The summed E-state index contributed by atoms with van der Waals surface area (Å²) in [4.78, 5) is 0. The number of ether oxygens (including phenoxy) is 2. The van der Waals surface area contributed by atoms with Gasteiger partial charge in [0.15, 0.2) is 5.79 Å². The first-order valence-electron chi connectivity index (χ1n) is 5.80. The van der Waals surface area contributed by atoms with E-state index in [0.717, 1.165) is 19.3 Å². The van der Waals surface area contributed by atoms with Crippen molar-refractivity contribution >= 4 is 0 Å². The molecule has 2 aliphatic rings. The summed E-state index contributed by atoms with van der Waals surface area (Å²) in [6, 6.07) is 8.31. The highest BCUT2D eigenvalue weighted by molar-refractivity contribution is 5.29. The van der Waals surface area contributed by atoms with Crippen molar-refractivity contribution in [3.8, 4) is 0 Å². The standard InChI is InChI=1S/C13H16O3/c14-12-5-6-13(16-9-12)7-10-3-1-2-4-11(10)8-15-13/h1-4,12,14H,5-9H2/t12-,13-/m0/s1. The van der Waals surface area contributed by atoms with Crippen LogP contribution in [-0.2, 0) is 22.5 Å². The first-order chi connectivity index (χ1) is 7.77. The molecule has 16 heavy (non-hydrogen) atoms. The number of hydrogen-bond acceptors (Lipinski definition) is 3. The lowest BCUT2D eigenvalue weighted by Gasteiger charge is -2.41. The molecule has 0 saturated carbocycles. The van der Waals surface area contributed by atoms with Crippen molar-refractivity contribution in [2.75, 3.05) is 6.61 Å². The van der Waals surface area contributed by atoms with E-state index in [2.05, 4.69) is 18.2 Å². The van der Waals surface area contributed by atoms with Crippen LogP contribution >= 0.6 is 0 Å². The van der Waals surface area contributed by atoms with Crippen molar-refractivity contribution in [1.82, 2.24) is 0 Å². The summed E-state index contributed by atoms with van der Waals surface area (Å²) in [5, 5.41) is 9.44. The molecule has 3 heteroatoms. The van der Waals surface area contributed by atoms with E-state index in [4.69, 9.17) is 9.47 Å². The summed E-state index contributed by atoms with van der Waals surface area (Å²) >= 11 is 0. The predicted molar refractivity (Wildman–Crippen MR) is 58.9 cm³/mol. The zero-order chi connectivity index (χ0) is 11.0. The number of rotatable bonds is 0. The Bertz CT molecular complexity index is 381. The lowest BCUT2D eigenvalue weighted by Crippen LogP contribution is -2.47. The topological polar surface area (TPSA) is 38.7 Å². The lowest BCUT2D eigenvalue weighted by atomic mass is 9.91. The van der Waals surface area contributed by atoms with Gasteiger partial charge in [0.25, 0.3) is 0 Å². The van der Waals surface area contributed by atoms with E-state index in [9.17, 15) is 5.11 Å². The molecular formula is C13H16O3. The minimum Gasteiger partial charge on any atom is -0.391 e. The van der Waals surface area contributed by atoms with Gasteiger partial charge in [0.2, 0.25) is 0 Å². The van der Waals surface area contributed by atoms with Crippen LogP contribution in [0.4, 0.5) is 0 Å². The fourth-order valence-electron chi connectivity index (χ4n) is 2.46. The van der Waals surface area contributed by atoms with Crippen LogP contribution in [0.5, 0.6) is 0 Å². The maximum atomic E-state index is 9.44. The van der Waals surface area contributed by atoms with E-state index >= 15 is 0 Å². The quantitative estimate of drug-likeness (QED) is 0.722. The molecule has 2 aliphatic heterocycles. The van der Waals surface area contributed by atoms with Gasteiger partial charge >= 0.3 is 0 Å². The average molecular weight is 220 g/mol. The molecule has 0 aromatic heterocycles. The van der Waals surface area contributed by atoms with Gasteiger partial charge in [0.1, 0.15) is 0 Å². The Morgan fingerprint density at radius 2 is 2.00 bits per heavy atom. The van der Waals surface area contributed by atoms with Gasteiger partial charge in [0.05, 0.1) is 19.3 Å². The highest BCUT2D eigenvalue weighted by atomic mass is 16.7. The van der Waals surface area contributed by atoms with Gasteiger partial charge in [-0.1, -0.05) is 24.3 Å². The summed E-state index contributed by atoms with van der Waals surface area (Å²) in [6.07, 6.45) is 2.02. The Morgan fingerprint density at radius 3 is 2.75 bits per heavy atom. The summed E-state index contributed by atoms with van der Waals surface area (Å²) in [6.45, 7) is 1.01. The summed E-state index contributed by atoms with van der Waals surface area (Å²) in [7, 11) is 0. The lowest BCUT2D eigenvalue weighted by molar-refractivity contribution is -0.281. The second-order valence-corrected chi connectivity index (χ2v) is 4.65. The van der Waals surface area contributed by atoms with E-state index in [-0.39, 0.29) is 6.10 Å². The molecule has 1 aromatic rings. The van der Waals surface area contributed by atoms with Gasteiger partial charge in [-0.15, -0.1) is 0 Å². The largest absolute Gasteiger partial charge is 0.391 e. The smallest absolute Gasteiger partial charge is 0.172 e. The summed E-state index contributed by atoms with van der Waals surface area (Å²) in [5.41, 5.74) is 2.56. The second-order valence-electron chi connectivity index (χ2n) is 4.65. The summed E-state index contributed by atoms with van der Waals surface area (Å²) in [5.74, 6) is -0.479. The second kappa shape index (κ2) is 3.84. The molecule has 0 bridgehead atoms. The SMILES string of the molecule is O[C@H]1CC[C@@]2(Cc3ccccc3CO2)OC1. The minimum atomic E-state index is -0.479. The van der Waals surface area contributed by atoms with Crippen molar-refractivity contribution in [3.05, 3.63) is 35.4 Å². The molecule has 3 rings (SSSR count). The molecule has 0 unspecified atom stereocenters. The molecule has 0 amide bonds. The normalized spacial score (nSPS) is 33.7. The molecule has 0 aliphatic carbocycles. The molecule has 3 nitrogen and oxygen atoms in total. The Hall–Kier alpha value is -0.900. The molecule has 2 heterocycles. The molecule has 1 N–H and O–H groups in total. The Morgan fingerprint density at radius 1 is 1.19 bits per heavy atom. The first kappa shape index (κ1) is 10.3. The van der Waals surface area contributed by atoms with Crippen molar-refractivity contribution < 1.29 is 14.6 Å². The van der Waals surface area contributed by atoms with E-state index in [1.165, 1.54) is 11.1 Å². The molecule has 2 atom stereocenters. The van der Waals surface area contributed by atoms with Crippen LogP contribution in [0, 0.1) is 0 Å². The zero-order valence-corrected chi connectivity index (χ0v) is 9.19. The highest BCUT2D eigenvalue weighted by Gasteiger charge is 2.40. The minimum absolute atomic E-state index is 0.327. The first-order valence-corrected chi connectivity index (χ1v) is 5.80. The number of hydrogen-bond donors (Lipinski definition) is 1. The Balaban J connectivity index is 1.82. The third kappa shape index (κ3) is 1.75. The maximum Gasteiger partial charge on any atom is 0.172 e. The van der Waals surface area contributed by atoms with Crippen LogP contribution in [0.2, 0.25) is 0 Å². The van der Waals surface area contributed by atoms with Crippen LogP contribution in [0.15, 0.2) is 24.3 Å². The van der Waals surface area contributed by atoms with Crippen LogP contribution in [0.3, 0.4) is 0 Å². The van der Waals surface area contributed by atoms with Gasteiger partial charge < -0.3 is 14.6 Å². The predicted octanol–water partition coefficient (Wildman–Crippen LogP) is 1.63. The van der Waals surface area contributed by atoms with Gasteiger partial charge in [-0.2, -0.15) is 0 Å². The van der Waals surface area contributed by atoms with Crippen LogP contribution in [0.1, 0.15) is 24.0 Å². The Kier molecular flexibility index (Phi) is 2.46. The highest BCUT2D eigenvalue weighted by Crippen LogP contribution is 2.35. The molecule has 1 spiro atoms. The monoisotopic (exact) mass is 220 g/mol. The number of fused-ring (bicyclic) bond motifs is 1. The Labute approximate surface area is 95.0 Å². The fourth-order valence-corrected chi connectivity index (χ4v) is 2.46. The summed E-state index contributed by atoms with van der Waals surface area (Å²) < 4.78 is 11.6. The third-order valence-electron chi connectivity index (χ3n) is 3.47. The van der Waals surface area contributed by atoms with Gasteiger partial charge in [0, 0.05) is 12.8 Å². The van der Waals surface area contributed by atoms with E-state index < -0.39 is 5.79 Å². The molecule has 1 fully saturated rings. The van der Waals surface area contributed by atoms with Gasteiger partial charge in [-0.05, 0) is 17.5 Å².